The van der Waals surface area contributed by atoms with E-state index in [4.69, 9.17) is 17.0 Å². The SMILES string of the molecule is COc1ccccc1-n1c(-c2ccccc2NS(=O)(=O)c2cccs2)n[nH]c1=S. The highest BCUT2D eigenvalue weighted by Crippen LogP contribution is 2.33. The molecule has 0 bridgehead atoms. The summed E-state index contributed by atoms with van der Waals surface area (Å²) >= 11 is 6.58. The normalized spacial score (nSPS) is 11.3. The van der Waals surface area contributed by atoms with E-state index in [9.17, 15) is 8.42 Å². The predicted octanol–water partition coefficient (Wildman–Crippen LogP) is 4.47. The molecular formula is C19H16N4O3S3. The predicted molar refractivity (Wildman–Crippen MR) is 116 cm³/mol. The third-order valence-corrected chi connectivity index (χ3v) is 7.21. The fourth-order valence-corrected chi connectivity index (χ4v) is 5.20. The Kier molecular flexibility index (Phi) is 5.22. The van der Waals surface area contributed by atoms with Gasteiger partial charge in [0.25, 0.3) is 10.0 Å². The highest BCUT2D eigenvalue weighted by Gasteiger charge is 2.21. The van der Waals surface area contributed by atoms with Crippen LogP contribution in [0.2, 0.25) is 0 Å². The summed E-state index contributed by atoms with van der Waals surface area (Å²) in [6, 6.07) is 17.7. The van der Waals surface area contributed by atoms with Gasteiger partial charge in [-0.25, -0.2) is 8.42 Å². The van der Waals surface area contributed by atoms with Gasteiger partial charge in [0.2, 0.25) is 0 Å². The summed E-state index contributed by atoms with van der Waals surface area (Å²) < 4.78 is 35.9. The molecule has 10 heteroatoms. The second-order valence-electron chi connectivity index (χ2n) is 5.94. The Labute approximate surface area is 176 Å². The van der Waals surface area contributed by atoms with Crippen molar-refractivity contribution < 1.29 is 13.2 Å². The molecular weight excluding hydrogens is 428 g/mol. The molecule has 0 saturated carbocycles. The number of hydrogen-bond acceptors (Lipinski definition) is 6. The number of thiophene rings is 1. The van der Waals surface area contributed by atoms with Crippen molar-refractivity contribution in [2.45, 2.75) is 4.21 Å². The van der Waals surface area contributed by atoms with Crippen molar-refractivity contribution in [3.05, 3.63) is 70.8 Å². The van der Waals surface area contributed by atoms with Crippen molar-refractivity contribution in [3.8, 4) is 22.8 Å². The second kappa shape index (κ2) is 7.82. The lowest BCUT2D eigenvalue weighted by Gasteiger charge is -2.14. The van der Waals surface area contributed by atoms with Crippen LogP contribution in [0.4, 0.5) is 5.69 Å². The summed E-state index contributed by atoms with van der Waals surface area (Å²) in [6.07, 6.45) is 0. The molecule has 2 aromatic carbocycles. The number of H-pyrrole nitrogens is 1. The molecule has 0 aliphatic heterocycles. The van der Waals surface area contributed by atoms with Crippen LogP contribution >= 0.6 is 23.6 Å². The zero-order valence-corrected chi connectivity index (χ0v) is 17.6. The van der Waals surface area contributed by atoms with E-state index in [0.717, 1.165) is 11.3 Å². The summed E-state index contributed by atoms with van der Waals surface area (Å²) in [4.78, 5) is 0. The van der Waals surface area contributed by atoms with Gasteiger partial charge >= 0.3 is 0 Å². The Morgan fingerprint density at radius 3 is 2.62 bits per heavy atom. The Morgan fingerprint density at radius 1 is 1.10 bits per heavy atom. The smallest absolute Gasteiger partial charge is 0.271 e. The molecule has 2 heterocycles. The van der Waals surface area contributed by atoms with Crippen LogP contribution in [0.3, 0.4) is 0 Å². The molecule has 2 N–H and O–H groups in total. The van der Waals surface area contributed by atoms with Gasteiger partial charge in [0, 0.05) is 5.56 Å². The Bertz CT molecular complexity index is 1310. The van der Waals surface area contributed by atoms with Gasteiger partial charge in [-0.1, -0.05) is 30.3 Å². The summed E-state index contributed by atoms with van der Waals surface area (Å²) in [5, 5.41) is 8.85. The van der Waals surface area contributed by atoms with Crippen molar-refractivity contribution in [1.29, 1.82) is 0 Å². The second-order valence-corrected chi connectivity index (χ2v) is 9.19. The molecule has 2 aromatic heterocycles. The van der Waals surface area contributed by atoms with Gasteiger partial charge in [-0.05, 0) is 47.9 Å². The number of anilines is 1. The van der Waals surface area contributed by atoms with E-state index in [-0.39, 0.29) is 4.21 Å². The number of aromatic nitrogens is 3. The maximum atomic E-state index is 12.7. The van der Waals surface area contributed by atoms with Crippen LogP contribution in [-0.4, -0.2) is 30.3 Å². The van der Waals surface area contributed by atoms with E-state index in [1.807, 2.05) is 30.3 Å². The first-order valence-corrected chi connectivity index (χ1v) is 11.2. The van der Waals surface area contributed by atoms with Crippen LogP contribution in [0, 0.1) is 4.77 Å². The van der Waals surface area contributed by atoms with Crippen LogP contribution in [0.15, 0.2) is 70.3 Å². The van der Waals surface area contributed by atoms with E-state index < -0.39 is 10.0 Å². The fourth-order valence-electron chi connectivity index (χ4n) is 2.89. The number of methoxy groups -OCH3 is 1. The minimum absolute atomic E-state index is 0.232. The fraction of sp³-hybridized carbons (Fsp3) is 0.0526. The number of nitrogens with one attached hydrogen (secondary N) is 2. The molecule has 0 fully saturated rings. The van der Waals surface area contributed by atoms with Crippen molar-refractivity contribution in [3.63, 3.8) is 0 Å². The van der Waals surface area contributed by atoms with Gasteiger partial charge in [0.1, 0.15) is 9.96 Å². The highest BCUT2D eigenvalue weighted by molar-refractivity contribution is 7.94. The first-order chi connectivity index (χ1) is 14.0. The van der Waals surface area contributed by atoms with Gasteiger partial charge in [-0.3, -0.25) is 14.4 Å². The maximum Gasteiger partial charge on any atom is 0.271 e. The number of benzene rings is 2. The number of hydrogen-bond donors (Lipinski definition) is 2. The first-order valence-electron chi connectivity index (χ1n) is 8.48. The third-order valence-electron chi connectivity index (χ3n) is 4.17. The first kappa shape index (κ1) is 19.4. The number of sulfonamides is 1. The Morgan fingerprint density at radius 2 is 1.86 bits per heavy atom. The molecule has 0 atom stereocenters. The van der Waals surface area contributed by atoms with E-state index >= 15 is 0 Å². The Hall–Kier alpha value is -2.95. The van der Waals surface area contributed by atoms with Crippen molar-refractivity contribution in [1.82, 2.24) is 14.8 Å². The molecule has 0 spiro atoms. The topological polar surface area (TPSA) is 89.0 Å². The average molecular weight is 445 g/mol. The average Bonchev–Trinajstić information content (AvgIpc) is 3.39. The summed E-state index contributed by atoms with van der Waals surface area (Å²) in [7, 11) is -2.14. The molecule has 0 amide bonds. The number of nitrogens with zero attached hydrogens (tertiary/aromatic N) is 2. The van der Waals surface area contributed by atoms with Gasteiger partial charge in [-0.2, -0.15) is 5.10 Å². The zero-order valence-electron chi connectivity index (χ0n) is 15.2. The van der Waals surface area contributed by atoms with Crippen LogP contribution in [0.5, 0.6) is 5.75 Å². The summed E-state index contributed by atoms with van der Waals surface area (Å²) in [5.74, 6) is 1.08. The van der Waals surface area contributed by atoms with E-state index in [1.54, 1.807) is 47.4 Å². The van der Waals surface area contributed by atoms with Crippen LogP contribution in [0.1, 0.15) is 0 Å². The molecule has 4 rings (SSSR count). The number of rotatable bonds is 6. The van der Waals surface area contributed by atoms with E-state index in [1.165, 1.54) is 0 Å². The molecule has 0 aliphatic carbocycles. The number of ether oxygens (including phenoxy) is 1. The molecule has 0 radical (unpaired) electrons. The molecule has 148 valence electrons. The molecule has 29 heavy (non-hydrogen) atoms. The maximum absolute atomic E-state index is 12.7. The lowest BCUT2D eigenvalue weighted by atomic mass is 10.1. The standard InChI is InChI=1S/C19H16N4O3S3/c1-26-16-10-5-4-9-15(16)23-18(20-21-19(23)27)13-7-2-3-8-14(13)22-29(24,25)17-11-6-12-28-17/h2-12,22H,1H3,(H,21,27). The van der Waals surface area contributed by atoms with Crippen LogP contribution < -0.4 is 9.46 Å². The van der Waals surface area contributed by atoms with Gasteiger partial charge in [0.05, 0.1) is 18.5 Å². The third kappa shape index (κ3) is 3.69. The lowest BCUT2D eigenvalue weighted by Crippen LogP contribution is -2.12. The molecule has 7 nitrogen and oxygen atoms in total. The lowest BCUT2D eigenvalue weighted by molar-refractivity contribution is 0.413. The van der Waals surface area contributed by atoms with Crippen molar-refractivity contribution in [2.75, 3.05) is 11.8 Å². The van der Waals surface area contributed by atoms with E-state index in [0.29, 0.717) is 33.3 Å². The molecule has 0 aliphatic rings. The highest BCUT2D eigenvalue weighted by atomic mass is 32.2. The van der Waals surface area contributed by atoms with Gasteiger partial charge < -0.3 is 4.74 Å². The van der Waals surface area contributed by atoms with E-state index in [2.05, 4.69) is 14.9 Å². The quantitative estimate of drug-likeness (QED) is 0.429. The minimum atomic E-state index is -3.71. The van der Waals surface area contributed by atoms with Gasteiger partial charge in [-0.15, -0.1) is 11.3 Å². The largest absolute Gasteiger partial charge is 0.495 e. The van der Waals surface area contributed by atoms with Crippen molar-refractivity contribution in [2.24, 2.45) is 0 Å². The van der Waals surface area contributed by atoms with Crippen LogP contribution in [0.25, 0.3) is 17.1 Å². The monoisotopic (exact) mass is 444 g/mol. The zero-order chi connectivity index (χ0) is 20.4. The molecule has 0 unspecified atom stereocenters. The number of aromatic amines is 1. The molecule has 0 saturated heterocycles. The Balaban J connectivity index is 1.86. The number of para-hydroxylation sites is 3. The van der Waals surface area contributed by atoms with Crippen molar-refractivity contribution >= 4 is 39.3 Å². The molecule has 4 aromatic rings. The summed E-state index contributed by atoms with van der Waals surface area (Å²) in [5.41, 5.74) is 1.66. The summed E-state index contributed by atoms with van der Waals surface area (Å²) in [6.45, 7) is 0. The van der Waals surface area contributed by atoms with Crippen LogP contribution in [-0.2, 0) is 10.0 Å². The van der Waals surface area contributed by atoms with Gasteiger partial charge in [0.15, 0.2) is 10.6 Å². The minimum Gasteiger partial charge on any atom is -0.495 e.